The first-order valence-electron chi connectivity index (χ1n) is 7.07. The number of nitrogens with two attached hydrogens (primary N) is 1. The van der Waals surface area contributed by atoms with Gasteiger partial charge in [0, 0.05) is 12.1 Å². The molecule has 5 heteroatoms. The van der Waals surface area contributed by atoms with Crippen molar-refractivity contribution in [1.29, 1.82) is 0 Å². The molecule has 0 bridgehead atoms. The first kappa shape index (κ1) is 15.3. The van der Waals surface area contributed by atoms with Gasteiger partial charge in [-0.2, -0.15) is 0 Å². The van der Waals surface area contributed by atoms with Gasteiger partial charge in [-0.3, -0.25) is 4.79 Å². The van der Waals surface area contributed by atoms with E-state index in [-0.39, 0.29) is 5.91 Å². The monoisotopic (exact) mass is 287 g/mol. The summed E-state index contributed by atoms with van der Waals surface area (Å²) in [6, 6.07) is 9.50. The molecule has 0 saturated carbocycles. The van der Waals surface area contributed by atoms with Crippen LogP contribution in [0.25, 0.3) is 0 Å². The number of benzene rings is 1. The normalized spacial score (nSPS) is 12.1. The fourth-order valence-corrected chi connectivity index (χ4v) is 2.16. The Bertz CT molecular complexity index is 573. The Kier molecular flexibility index (Phi) is 5.11. The van der Waals surface area contributed by atoms with E-state index >= 15 is 0 Å². The number of carbonyl (C=O) groups is 1. The highest BCUT2D eigenvalue weighted by Crippen LogP contribution is 2.11. The van der Waals surface area contributed by atoms with Crippen LogP contribution in [0.15, 0.2) is 34.9 Å². The van der Waals surface area contributed by atoms with Crippen LogP contribution in [-0.4, -0.2) is 17.1 Å². The standard InChI is InChI=1S/C16H21N3O2/c1-11-14(12(2)21-19-11)10-18-16(20)15(17)9-8-13-6-4-3-5-7-13/h3-7,15H,8-10,17H2,1-2H3,(H,18,20)/t15-/m0/s1. The molecule has 0 aliphatic heterocycles. The molecule has 0 aliphatic carbocycles. The van der Waals surface area contributed by atoms with Gasteiger partial charge in [0.05, 0.1) is 11.7 Å². The van der Waals surface area contributed by atoms with E-state index in [9.17, 15) is 4.79 Å². The van der Waals surface area contributed by atoms with E-state index in [1.807, 2.05) is 44.2 Å². The van der Waals surface area contributed by atoms with Gasteiger partial charge in [-0.15, -0.1) is 0 Å². The molecule has 112 valence electrons. The molecule has 1 amide bonds. The van der Waals surface area contributed by atoms with Crippen LogP contribution < -0.4 is 11.1 Å². The molecular weight excluding hydrogens is 266 g/mol. The first-order chi connectivity index (χ1) is 10.1. The summed E-state index contributed by atoms with van der Waals surface area (Å²) in [7, 11) is 0. The summed E-state index contributed by atoms with van der Waals surface area (Å²) in [6.07, 6.45) is 1.41. The van der Waals surface area contributed by atoms with Crippen molar-refractivity contribution in [2.24, 2.45) is 5.73 Å². The molecule has 2 rings (SSSR count). The maximum absolute atomic E-state index is 12.0. The van der Waals surface area contributed by atoms with Crippen LogP contribution in [0.3, 0.4) is 0 Å². The molecule has 1 heterocycles. The second-order valence-corrected chi connectivity index (χ2v) is 5.15. The zero-order valence-electron chi connectivity index (χ0n) is 12.4. The van der Waals surface area contributed by atoms with Crippen molar-refractivity contribution in [3.63, 3.8) is 0 Å². The summed E-state index contributed by atoms with van der Waals surface area (Å²) in [6.45, 7) is 4.09. The fraction of sp³-hybridized carbons (Fsp3) is 0.375. The van der Waals surface area contributed by atoms with Gasteiger partial charge in [-0.05, 0) is 32.3 Å². The third-order valence-electron chi connectivity index (χ3n) is 3.54. The third-order valence-corrected chi connectivity index (χ3v) is 3.54. The number of nitrogens with zero attached hydrogens (tertiary/aromatic N) is 1. The number of carbonyl (C=O) groups excluding carboxylic acids is 1. The van der Waals surface area contributed by atoms with E-state index < -0.39 is 6.04 Å². The van der Waals surface area contributed by atoms with Gasteiger partial charge >= 0.3 is 0 Å². The molecule has 0 unspecified atom stereocenters. The van der Waals surface area contributed by atoms with E-state index in [2.05, 4.69) is 10.5 Å². The molecule has 0 aliphatic rings. The highest BCUT2D eigenvalue weighted by atomic mass is 16.5. The number of nitrogens with one attached hydrogen (secondary N) is 1. The number of aryl methyl sites for hydroxylation is 3. The Morgan fingerprint density at radius 3 is 2.67 bits per heavy atom. The number of amides is 1. The highest BCUT2D eigenvalue weighted by Gasteiger charge is 2.15. The van der Waals surface area contributed by atoms with E-state index in [1.54, 1.807) is 0 Å². The Morgan fingerprint density at radius 1 is 1.33 bits per heavy atom. The average molecular weight is 287 g/mol. The molecule has 0 spiro atoms. The minimum absolute atomic E-state index is 0.147. The molecule has 3 N–H and O–H groups in total. The molecule has 0 saturated heterocycles. The highest BCUT2D eigenvalue weighted by molar-refractivity contribution is 5.81. The average Bonchev–Trinajstić information content (AvgIpc) is 2.82. The Hall–Kier alpha value is -2.14. The minimum Gasteiger partial charge on any atom is -0.361 e. The minimum atomic E-state index is -0.509. The maximum atomic E-state index is 12.0. The molecule has 21 heavy (non-hydrogen) atoms. The van der Waals surface area contributed by atoms with Gasteiger partial charge in [0.1, 0.15) is 5.76 Å². The summed E-state index contributed by atoms with van der Waals surface area (Å²) >= 11 is 0. The van der Waals surface area contributed by atoms with Crippen LogP contribution in [0.2, 0.25) is 0 Å². The second kappa shape index (κ2) is 7.04. The van der Waals surface area contributed by atoms with Crippen LogP contribution >= 0.6 is 0 Å². The Morgan fingerprint density at radius 2 is 2.05 bits per heavy atom. The van der Waals surface area contributed by atoms with Crippen LogP contribution in [0.5, 0.6) is 0 Å². The summed E-state index contributed by atoms with van der Waals surface area (Å²) in [5.41, 5.74) is 8.83. The van der Waals surface area contributed by atoms with Gasteiger partial charge in [0.25, 0.3) is 0 Å². The van der Waals surface area contributed by atoms with E-state index in [1.165, 1.54) is 5.56 Å². The van der Waals surface area contributed by atoms with Crippen molar-refractivity contribution in [1.82, 2.24) is 10.5 Å². The van der Waals surface area contributed by atoms with Crippen molar-refractivity contribution < 1.29 is 9.32 Å². The van der Waals surface area contributed by atoms with Crippen molar-refractivity contribution in [3.8, 4) is 0 Å². The van der Waals surface area contributed by atoms with E-state index in [0.717, 1.165) is 23.4 Å². The van der Waals surface area contributed by atoms with Crippen LogP contribution in [0.1, 0.15) is 29.0 Å². The lowest BCUT2D eigenvalue weighted by Crippen LogP contribution is -2.40. The summed E-state index contributed by atoms with van der Waals surface area (Å²) in [5, 5.41) is 6.70. The van der Waals surface area contributed by atoms with Gasteiger partial charge in [-0.25, -0.2) is 0 Å². The number of aromatic nitrogens is 1. The van der Waals surface area contributed by atoms with Crippen molar-refractivity contribution >= 4 is 5.91 Å². The fourth-order valence-electron chi connectivity index (χ4n) is 2.16. The van der Waals surface area contributed by atoms with Crippen molar-refractivity contribution in [2.75, 3.05) is 0 Å². The second-order valence-electron chi connectivity index (χ2n) is 5.15. The summed E-state index contributed by atoms with van der Waals surface area (Å²) in [4.78, 5) is 12.0. The number of hydrogen-bond acceptors (Lipinski definition) is 4. The predicted molar refractivity (Wildman–Crippen MR) is 80.6 cm³/mol. The van der Waals surface area contributed by atoms with Crippen LogP contribution in [0.4, 0.5) is 0 Å². The SMILES string of the molecule is Cc1noc(C)c1CNC(=O)[C@@H](N)CCc1ccccc1. The van der Waals surface area contributed by atoms with Gasteiger partial charge in [0.2, 0.25) is 5.91 Å². The van der Waals surface area contributed by atoms with Gasteiger partial charge in [-0.1, -0.05) is 35.5 Å². The van der Waals surface area contributed by atoms with E-state index in [4.69, 9.17) is 10.3 Å². The lowest BCUT2D eigenvalue weighted by Gasteiger charge is -2.12. The first-order valence-corrected chi connectivity index (χ1v) is 7.07. The molecular formula is C16H21N3O2. The molecule has 5 nitrogen and oxygen atoms in total. The molecule has 2 aromatic rings. The third kappa shape index (κ3) is 4.16. The van der Waals surface area contributed by atoms with Gasteiger partial charge in [0.15, 0.2) is 0 Å². The maximum Gasteiger partial charge on any atom is 0.237 e. The largest absolute Gasteiger partial charge is 0.361 e. The Labute approximate surface area is 124 Å². The zero-order valence-corrected chi connectivity index (χ0v) is 12.4. The van der Waals surface area contributed by atoms with Crippen molar-refractivity contribution in [2.45, 2.75) is 39.3 Å². The summed E-state index contributed by atoms with van der Waals surface area (Å²) in [5.74, 6) is 0.580. The molecule has 0 fully saturated rings. The predicted octanol–water partition coefficient (Wildman–Crippen LogP) is 1.87. The van der Waals surface area contributed by atoms with Crippen molar-refractivity contribution in [3.05, 3.63) is 52.9 Å². The molecule has 1 aromatic heterocycles. The molecule has 0 radical (unpaired) electrons. The smallest absolute Gasteiger partial charge is 0.237 e. The molecule has 1 atom stereocenters. The Balaban J connectivity index is 1.80. The van der Waals surface area contributed by atoms with Gasteiger partial charge < -0.3 is 15.6 Å². The van der Waals surface area contributed by atoms with Crippen LogP contribution in [0, 0.1) is 13.8 Å². The summed E-state index contributed by atoms with van der Waals surface area (Å²) < 4.78 is 5.06. The topological polar surface area (TPSA) is 81.2 Å². The zero-order chi connectivity index (χ0) is 15.2. The molecule has 1 aromatic carbocycles. The lowest BCUT2D eigenvalue weighted by molar-refractivity contribution is -0.122. The number of hydrogen-bond donors (Lipinski definition) is 2. The van der Waals surface area contributed by atoms with Crippen LogP contribution in [-0.2, 0) is 17.8 Å². The quantitative estimate of drug-likeness (QED) is 0.850. The lowest BCUT2D eigenvalue weighted by atomic mass is 10.1. The van der Waals surface area contributed by atoms with E-state index in [0.29, 0.717) is 13.0 Å². The number of rotatable bonds is 6.